The largest absolute Gasteiger partial charge is 0.490 e. The van der Waals surface area contributed by atoms with E-state index in [-0.39, 0.29) is 29.7 Å². The molecule has 2 aliphatic rings. The van der Waals surface area contributed by atoms with Gasteiger partial charge < -0.3 is 14.9 Å². The third-order valence-electron chi connectivity index (χ3n) is 5.01. The predicted octanol–water partition coefficient (Wildman–Crippen LogP) is 0.859. The van der Waals surface area contributed by atoms with Crippen LogP contribution in [-0.4, -0.2) is 77.2 Å². The molecule has 2 saturated heterocycles. The fourth-order valence-corrected chi connectivity index (χ4v) is 3.64. The average molecular weight is 440 g/mol. The number of hydrogen-bond donors (Lipinski definition) is 1. The molecule has 10 nitrogen and oxygen atoms in total. The summed E-state index contributed by atoms with van der Waals surface area (Å²) in [4.78, 5) is 45.6. The maximum atomic E-state index is 12.6. The number of fused-ring (bicyclic) bond motifs is 1. The molecule has 0 aliphatic carbocycles. The lowest BCUT2D eigenvalue weighted by Crippen LogP contribution is -2.40. The highest BCUT2D eigenvalue weighted by molar-refractivity contribution is 5.92. The van der Waals surface area contributed by atoms with Gasteiger partial charge in [-0.05, 0) is 24.1 Å². The van der Waals surface area contributed by atoms with E-state index in [0.717, 1.165) is 12.0 Å². The third-order valence-corrected chi connectivity index (χ3v) is 5.01. The molecule has 0 spiro atoms. The van der Waals surface area contributed by atoms with Gasteiger partial charge in [0, 0.05) is 39.0 Å². The zero-order valence-electron chi connectivity index (χ0n) is 16.4. The summed E-state index contributed by atoms with van der Waals surface area (Å²) in [6.45, 7) is 1.19. The highest BCUT2D eigenvalue weighted by Crippen LogP contribution is 2.34. The van der Waals surface area contributed by atoms with Gasteiger partial charge in [0.15, 0.2) is 0 Å². The molecule has 0 aromatic carbocycles. The molecule has 4 rings (SSSR count). The van der Waals surface area contributed by atoms with E-state index in [1.807, 2.05) is 17.0 Å². The summed E-state index contributed by atoms with van der Waals surface area (Å²) in [6.07, 6.45) is 1.04. The molecule has 0 unspecified atom stereocenters. The second-order valence-electron chi connectivity index (χ2n) is 7.05. The normalized spacial score (nSPS) is 20.3. The van der Waals surface area contributed by atoms with Crippen molar-refractivity contribution in [1.29, 1.82) is 0 Å². The van der Waals surface area contributed by atoms with Gasteiger partial charge >= 0.3 is 12.1 Å². The number of pyridine rings is 1. The Kier molecular flexibility index (Phi) is 6.22. The summed E-state index contributed by atoms with van der Waals surface area (Å²) in [5.74, 6) is -2.67. The first-order valence-corrected chi connectivity index (χ1v) is 9.23. The number of aliphatic carboxylic acids is 1. The number of carboxylic acid groups (broad SMARTS) is 1. The van der Waals surface area contributed by atoms with Gasteiger partial charge in [-0.3, -0.25) is 19.3 Å². The van der Waals surface area contributed by atoms with Crippen LogP contribution >= 0.6 is 0 Å². The molecule has 2 aromatic rings. The van der Waals surface area contributed by atoms with Crippen LogP contribution in [0.4, 0.5) is 13.2 Å². The molecule has 2 aliphatic heterocycles. The first-order chi connectivity index (χ1) is 14.6. The zero-order valence-corrected chi connectivity index (χ0v) is 16.4. The van der Waals surface area contributed by atoms with E-state index in [4.69, 9.17) is 9.90 Å². The molecule has 2 atom stereocenters. The minimum absolute atomic E-state index is 0.0679. The van der Waals surface area contributed by atoms with Crippen molar-refractivity contribution in [3.8, 4) is 0 Å². The van der Waals surface area contributed by atoms with Gasteiger partial charge in [-0.2, -0.15) is 13.2 Å². The number of carboxylic acids is 1. The number of halogens is 3. The van der Waals surface area contributed by atoms with Gasteiger partial charge in [0.1, 0.15) is 6.33 Å². The minimum Gasteiger partial charge on any atom is -0.475 e. The molecule has 31 heavy (non-hydrogen) atoms. The third kappa shape index (κ3) is 4.98. The van der Waals surface area contributed by atoms with Crippen molar-refractivity contribution < 1.29 is 32.7 Å². The molecule has 166 valence electrons. The first-order valence-electron chi connectivity index (χ1n) is 9.23. The fraction of sp³-hybridized carbons (Fsp3) is 0.444. The Balaban J connectivity index is 0.000000339. The summed E-state index contributed by atoms with van der Waals surface area (Å²) in [5, 5.41) is 11.2. The Labute approximate surface area is 174 Å². The molecular weight excluding hydrogens is 421 g/mol. The Morgan fingerprint density at radius 2 is 1.87 bits per heavy atom. The Bertz CT molecular complexity index is 965. The van der Waals surface area contributed by atoms with E-state index in [0.29, 0.717) is 19.5 Å². The number of aromatic nitrogens is 4. The summed E-state index contributed by atoms with van der Waals surface area (Å²) < 4.78 is 33.2. The van der Waals surface area contributed by atoms with Crippen LogP contribution in [0, 0.1) is 0 Å². The fourth-order valence-electron chi connectivity index (χ4n) is 3.64. The van der Waals surface area contributed by atoms with Crippen molar-refractivity contribution in [2.24, 2.45) is 7.05 Å². The minimum atomic E-state index is -5.08. The Morgan fingerprint density at radius 3 is 2.42 bits per heavy atom. The maximum absolute atomic E-state index is 12.6. The average Bonchev–Trinajstić information content (AvgIpc) is 3.39. The van der Waals surface area contributed by atoms with Crippen LogP contribution in [0.2, 0.25) is 0 Å². The number of nitrogens with zero attached hydrogens (tertiary/aromatic N) is 6. The van der Waals surface area contributed by atoms with E-state index in [9.17, 15) is 22.8 Å². The SMILES string of the molecule is Cn1cnc(C(=O)N2CC[C@@H]3[C@@H]2CC(=O)N3Cc2ccncc2)n1.O=C(O)C(F)(F)F. The number of amides is 2. The molecule has 2 fully saturated rings. The van der Waals surface area contributed by atoms with E-state index < -0.39 is 12.1 Å². The molecule has 0 bridgehead atoms. The highest BCUT2D eigenvalue weighted by Gasteiger charge is 2.48. The van der Waals surface area contributed by atoms with Gasteiger partial charge in [-0.25, -0.2) is 9.78 Å². The number of alkyl halides is 3. The van der Waals surface area contributed by atoms with Gasteiger partial charge in [-0.1, -0.05) is 0 Å². The van der Waals surface area contributed by atoms with Crippen LogP contribution in [-0.2, 0) is 23.2 Å². The van der Waals surface area contributed by atoms with Crippen LogP contribution in [0.1, 0.15) is 29.0 Å². The van der Waals surface area contributed by atoms with Crippen LogP contribution in [0.3, 0.4) is 0 Å². The second kappa shape index (κ2) is 8.70. The van der Waals surface area contributed by atoms with E-state index in [1.54, 1.807) is 24.3 Å². The standard InChI is InChI=1S/C16H18N6O2.C2HF3O2/c1-20-10-18-15(19-20)16(24)21-7-4-12-13(21)8-14(23)22(12)9-11-2-5-17-6-3-11;3-2(4,5)1(6)7/h2-3,5-6,10,12-13H,4,7-9H2,1H3;(H,6,7)/t12-,13+;/m1./s1. The second-order valence-corrected chi connectivity index (χ2v) is 7.05. The van der Waals surface area contributed by atoms with Gasteiger partial charge in [0.05, 0.1) is 12.1 Å². The van der Waals surface area contributed by atoms with Crippen molar-refractivity contribution in [3.63, 3.8) is 0 Å². The maximum Gasteiger partial charge on any atom is 0.490 e. The number of likely N-dealkylation sites (tertiary alicyclic amines) is 2. The highest BCUT2D eigenvalue weighted by atomic mass is 19.4. The van der Waals surface area contributed by atoms with E-state index in [2.05, 4.69) is 15.1 Å². The molecule has 1 N–H and O–H groups in total. The smallest absolute Gasteiger partial charge is 0.475 e. The van der Waals surface area contributed by atoms with Crippen LogP contribution in [0.15, 0.2) is 30.9 Å². The van der Waals surface area contributed by atoms with Crippen LogP contribution < -0.4 is 0 Å². The van der Waals surface area contributed by atoms with Crippen LogP contribution in [0.25, 0.3) is 0 Å². The zero-order chi connectivity index (χ0) is 22.8. The van der Waals surface area contributed by atoms with Gasteiger partial charge in [0.2, 0.25) is 11.7 Å². The number of aryl methyl sites for hydroxylation is 1. The molecule has 2 amide bonds. The molecule has 4 heterocycles. The Morgan fingerprint density at radius 1 is 1.23 bits per heavy atom. The van der Waals surface area contributed by atoms with Crippen molar-refractivity contribution in [2.75, 3.05) is 6.54 Å². The van der Waals surface area contributed by atoms with Gasteiger partial charge in [-0.15, -0.1) is 5.10 Å². The number of carbonyl (C=O) groups excluding carboxylic acids is 2. The molecule has 13 heteroatoms. The summed E-state index contributed by atoms with van der Waals surface area (Å²) in [6, 6.07) is 3.81. The molecule has 0 saturated carbocycles. The quantitative estimate of drug-likeness (QED) is 0.751. The molecule has 0 radical (unpaired) electrons. The predicted molar refractivity (Wildman–Crippen MR) is 97.3 cm³/mol. The van der Waals surface area contributed by atoms with Crippen molar-refractivity contribution >= 4 is 17.8 Å². The van der Waals surface area contributed by atoms with E-state index >= 15 is 0 Å². The monoisotopic (exact) mass is 440 g/mol. The summed E-state index contributed by atoms with van der Waals surface area (Å²) >= 11 is 0. The van der Waals surface area contributed by atoms with E-state index in [1.165, 1.54) is 11.0 Å². The number of hydrogen-bond acceptors (Lipinski definition) is 6. The summed E-state index contributed by atoms with van der Waals surface area (Å²) in [5.41, 5.74) is 1.05. The molecule has 2 aromatic heterocycles. The number of rotatable bonds is 3. The van der Waals surface area contributed by atoms with Crippen molar-refractivity contribution in [2.45, 2.75) is 37.6 Å². The lowest BCUT2D eigenvalue weighted by atomic mass is 10.1. The Hall–Kier alpha value is -3.51. The summed E-state index contributed by atoms with van der Waals surface area (Å²) in [7, 11) is 1.73. The van der Waals surface area contributed by atoms with Crippen molar-refractivity contribution in [3.05, 3.63) is 42.2 Å². The lowest BCUT2D eigenvalue weighted by Gasteiger charge is -2.25. The molecular formula is C18H19F3N6O4. The van der Waals surface area contributed by atoms with Crippen molar-refractivity contribution in [1.82, 2.24) is 29.5 Å². The lowest BCUT2D eigenvalue weighted by molar-refractivity contribution is -0.192. The first kappa shape index (κ1) is 22.2. The topological polar surface area (TPSA) is 122 Å². The number of carbonyl (C=O) groups is 3. The van der Waals surface area contributed by atoms with Gasteiger partial charge in [0.25, 0.3) is 5.91 Å². The van der Waals surface area contributed by atoms with Crippen LogP contribution in [0.5, 0.6) is 0 Å².